The number of carbonyl (C=O) groups is 2. The second-order valence-corrected chi connectivity index (χ2v) is 13.4. The molecular weight excluding hydrogens is 590 g/mol. The summed E-state index contributed by atoms with van der Waals surface area (Å²) >= 11 is 0. The molecule has 3 heterocycles. The molecule has 14 nitrogen and oxygen atoms in total. The normalized spacial score (nSPS) is 16.0. The summed E-state index contributed by atoms with van der Waals surface area (Å²) in [5.74, 6) is -0.518. The molecule has 44 heavy (non-hydrogen) atoms. The summed E-state index contributed by atoms with van der Waals surface area (Å²) in [4.78, 5) is 37.2. The molecule has 1 saturated heterocycles. The van der Waals surface area contributed by atoms with E-state index in [1.54, 1.807) is 33.9 Å². The van der Waals surface area contributed by atoms with Crippen LogP contribution in [0, 0.1) is 13.8 Å². The maximum Gasteiger partial charge on any atom is 0.410 e. The smallest absolute Gasteiger partial charge is 0.410 e. The Balaban J connectivity index is 1.57. The van der Waals surface area contributed by atoms with E-state index in [1.165, 1.54) is 29.0 Å². The molecule has 0 aliphatic carbocycles. The van der Waals surface area contributed by atoms with E-state index in [4.69, 9.17) is 9.47 Å². The number of hydrogen-bond donors (Lipinski definition) is 2. The molecule has 2 aromatic heterocycles. The van der Waals surface area contributed by atoms with Crippen molar-refractivity contribution < 1.29 is 32.6 Å². The van der Waals surface area contributed by atoms with Crippen LogP contribution in [0.15, 0.2) is 41.6 Å². The predicted octanol–water partition coefficient (Wildman–Crippen LogP) is 2.50. The van der Waals surface area contributed by atoms with E-state index in [0.717, 1.165) is 21.6 Å². The first-order valence-electron chi connectivity index (χ1n) is 14.1. The highest BCUT2D eigenvalue weighted by molar-refractivity contribution is 7.92. The topological polar surface area (TPSA) is 169 Å². The van der Waals surface area contributed by atoms with Crippen molar-refractivity contribution in [1.29, 1.82) is 0 Å². The molecule has 2 N–H and O–H groups in total. The molecule has 1 aliphatic heterocycles. The van der Waals surface area contributed by atoms with Crippen LogP contribution in [0.3, 0.4) is 0 Å². The number of nitrogens with zero attached hydrogens (tertiary/aromatic N) is 6. The van der Waals surface area contributed by atoms with Crippen molar-refractivity contribution >= 4 is 28.0 Å². The van der Waals surface area contributed by atoms with E-state index in [1.807, 2.05) is 32.0 Å². The lowest BCUT2D eigenvalue weighted by atomic mass is 10.00. The molecular formula is C29H39N7O7S. The number of anilines is 1. The molecule has 0 bridgehead atoms. The summed E-state index contributed by atoms with van der Waals surface area (Å²) in [6, 6.07) is 6.27. The van der Waals surface area contributed by atoms with Crippen LogP contribution >= 0.6 is 0 Å². The van der Waals surface area contributed by atoms with Crippen molar-refractivity contribution in [2.24, 2.45) is 7.05 Å². The van der Waals surface area contributed by atoms with Gasteiger partial charge in [0.05, 0.1) is 25.0 Å². The first-order chi connectivity index (χ1) is 20.6. The van der Waals surface area contributed by atoms with Gasteiger partial charge in [-0.05, 0) is 45.7 Å². The van der Waals surface area contributed by atoms with Crippen molar-refractivity contribution in [3.63, 3.8) is 0 Å². The number of nitrogens with one attached hydrogen (secondary N) is 1. The molecule has 4 rings (SSSR count). The summed E-state index contributed by atoms with van der Waals surface area (Å²) in [6.45, 7) is 8.89. The van der Waals surface area contributed by atoms with Gasteiger partial charge in [-0.15, -0.1) is 0 Å². The number of sulfonamides is 1. The summed E-state index contributed by atoms with van der Waals surface area (Å²) in [5.41, 5.74) is 2.36. The molecule has 1 aromatic carbocycles. The van der Waals surface area contributed by atoms with E-state index in [9.17, 15) is 23.1 Å². The zero-order valence-corrected chi connectivity index (χ0v) is 26.8. The molecule has 15 heteroatoms. The Bertz CT molecular complexity index is 1610. The van der Waals surface area contributed by atoms with Gasteiger partial charge in [0, 0.05) is 44.9 Å². The number of benzene rings is 1. The van der Waals surface area contributed by atoms with E-state index in [0.29, 0.717) is 18.7 Å². The second kappa shape index (κ2) is 12.8. The van der Waals surface area contributed by atoms with Gasteiger partial charge in [0.25, 0.3) is 10.0 Å². The van der Waals surface area contributed by atoms with Gasteiger partial charge in [0.15, 0.2) is 0 Å². The third-order valence-electron chi connectivity index (χ3n) is 7.01. The van der Waals surface area contributed by atoms with Crippen molar-refractivity contribution in [3.8, 4) is 17.1 Å². The Labute approximate surface area is 257 Å². The summed E-state index contributed by atoms with van der Waals surface area (Å²) in [5, 5.41) is 13.9. The minimum Gasteiger partial charge on any atom is -0.472 e. The van der Waals surface area contributed by atoms with Gasteiger partial charge in [-0.3, -0.25) is 14.4 Å². The number of carbonyl (C=O) groups excluding carboxylic acids is 2. The monoisotopic (exact) mass is 629 g/mol. The lowest BCUT2D eigenvalue weighted by Gasteiger charge is -2.31. The Kier molecular flexibility index (Phi) is 9.49. The maximum atomic E-state index is 13.3. The molecule has 0 saturated carbocycles. The van der Waals surface area contributed by atoms with Gasteiger partial charge in [-0.25, -0.2) is 22.9 Å². The summed E-state index contributed by atoms with van der Waals surface area (Å²) in [6.07, 6.45) is 1.81. The summed E-state index contributed by atoms with van der Waals surface area (Å²) in [7, 11) is -1.04. The summed E-state index contributed by atoms with van der Waals surface area (Å²) < 4.78 is 41.4. The van der Waals surface area contributed by atoms with Crippen molar-refractivity contribution in [2.75, 3.05) is 31.5 Å². The number of rotatable bonds is 9. The molecule has 1 unspecified atom stereocenters. The molecule has 1 fully saturated rings. The minimum absolute atomic E-state index is 0.0525. The number of aliphatic hydroxyl groups excluding tert-OH is 1. The first-order valence-corrected chi connectivity index (χ1v) is 15.6. The van der Waals surface area contributed by atoms with Gasteiger partial charge >= 0.3 is 6.09 Å². The van der Waals surface area contributed by atoms with Gasteiger partial charge in [-0.2, -0.15) is 10.1 Å². The Hall–Kier alpha value is -4.24. The second-order valence-electron chi connectivity index (χ2n) is 11.7. The van der Waals surface area contributed by atoms with E-state index in [-0.39, 0.29) is 23.3 Å². The third kappa shape index (κ3) is 7.63. The zero-order chi connectivity index (χ0) is 32.4. The van der Waals surface area contributed by atoms with Crippen LogP contribution in [0.25, 0.3) is 11.3 Å². The molecule has 3 aromatic rings. The third-order valence-corrected chi connectivity index (χ3v) is 8.29. The Morgan fingerprint density at radius 2 is 1.89 bits per heavy atom. The van der Waals surface area contributed by atoms with Crippen molar-refractivity contribution in [3.05, 3.63) is 47.8 Å². The average Bonchev–Trinajstić information content (AvgIpc) is 3.57. The van der Waals surface area contributed by atoms with Crippen LogP contribution in [0.4, 0.5) is 10.7 Å². The van der Waals surface area contributed by atoms with Gasteiger partial charge in [0.1, 0.15) is 22.6 Å². The molecule has 0 radical (unpaired) electrons. The maximum absolute atomic E-state index is 13.3. The first kappa shape index (κ1) is 32.7. The van der Waals surface area contributed by atoms with Gasteiger partial charge < -0.3 is 19.5 Å². The Morgan fingerprint density at radius 1 is 1.20 bits per heavy atom. The number of aliphatic hydroxyl groups is 1. The predicted molar refractivity (Wildman–Crippen MR) is 161 cm³/mol. The van der Waals surface area contributed by atoms with Crippen LogP contribution in [-0.2, 0) is 26.6 Å². The Morgan fingerprint density at radius 3 is 2.48 bits per heavy atom. The number of aromatic nitrogens is 4. The largest absolute Gasteiger partial charge is 0.472 e. The quantitative estimate of drug-likeness (QED) is 0.359. The van der Waals surface area contributed by atoms with Crippen LogP contribution in [0.1, 0.15) is 38.3 Å². The molecule has 238 valence electrons. The van der Waals surface area contributed by atoms with Crippen molar-refractivity contribution in [2.45, 2.75) is 63.7 Å². The molecule has 2 amide bonds. The highest BCUT2D eigenvalue weighted by atomic mass is 32.2. The molecule has 0 spiro atoms. The lowest BCUT2D eigenvalue weighted by molar-refractivity contribution is -0.137. The average molecular weight is 630 g/mol. The van der Waals surface area contributed by atoms with Crippen LogP contribution in [-0.4, -0.2) is 99.6 Å². The van der Waals surface area contributed by atoms with Gasteiger partial charge in [0.2, 0.25) is 17.7 Å². The highest BCUT2D eigenvalue weighted by Crippen LogP contribution is 2.30. The number of likely N-dealkylation sites (N-methyl/N-ethyl adjacent to an activating group) is 1. The molecule has 1 aliphatic rings. The number of ether oxygens (including phenoxy) is 2. The van der Waals surface area contributed by atoms with E-state index < -0.39 is 46.4 Å². The fraction of sp³-hybridized carbons (Fsp3) is 0.483. The number of likely N-dealkylation sites (tertiary alicyclic amines) is 1. The number of aryl methyl sites for hydroxylation is 3. The van der Waals surface area contributed by atoms with E-state index >= 15 is 0 Å². The number of hydrogen-bond acceptors (Lipinski definition) is 10. The number of amides is 2. The fourth-order valence-electron chi connectivity index (χ4n) is 4.83. The van der Waals surface area contributed by atoms with Gasteiger partial charge in [-0.1, -0.05) is 18.2 Å². The lowest BCUT2D eigenvalue weighted by Crippen LogP contribution is -2.52. The van der Waals surface area contributed by atoms with Crippen molar-refractivity contribution in [1.82, 2.24) is 29.5 Å². The minimum atomic E-state index is -4.05. The van der Waals surface area contributed by atoms with Crippen LogP contribution < -0.4 is 9.46 Å². The SMILES string of the molecule is Cc1cccc(C)c1-c1cc(OC2CCN(C(=O)[C@H](CO)N(C)C(=O)OC(C)(C)C)C2)nc(NS(=O)(=O)c2cnn(C)c2)n1. The standard InChI is InChI=1S/C29H39N7O7S/c1-18-9-8-10-19(2)25(18)22-13-24(32-27(31-22)33-44(40,41)21-14-30-34(6)16-21)42-20-11-12-36(15-20)26(38)23(17-37)35(7)28(39)43-29(3,4)5/h8-10,13-14,16,20,23,37H,11-12,15,17H2,1-7H3,(H,31,32,33)/t20?,23-/m0/s1. The fourth-order valence-corrected chi connectivity index (χ4v) is 5.75. The van der Waals surface area contributed by atoms with Crippen LogP contribution in [0.5, 0.6) is 5.88 Å². The molecule has 2 atom stereocenters. The highest BCUT2D eigenvalue weighted by Gasteiger charge is 2.36. The van der Waals surface area contributed by atoms with E-state index in [2.05, 4.69) is 19.8 Å². The zero-order valence-electron chi connectivity index (χ0n) is 25.9. The van der Waals surface area contributed by atoms with Crippen LogP contribution in [0.2, 0.25) is 0 Å².